The van der Waals surface area contributed by atoms with E-state index in [9.17, 15) is 0 Å². The van der Waals surface area contributed by atoms with Crippen molar-refractivity contribution in [2.75, 3.05) is 13.7 Å². The minimum atomic E-state index is -0.0995. The number of rotatable bonds is 5. The van der Waals surface area contributed by atoms with Crippen LogP contribution in [0.1, 0.15) is 5.89 Å². The Balaban J connectivity index is 2.18. The third kappa shape index (κ3) is 2.95. The van der Waals surface area contributed by atoms with E-state index < -0.39 is 0 Å². The second-order valence-electron chi connectivity index (χ2n) is 3.79. The minimum Gasteiger partial charge on any atom is -0.380 e. The highest BCUT2D eigenvalue weighted by molar-refractivity contribution is 9.10. The molecule has 18 heavy (non-hydrogen) atoms. The van der Waals surface area contributed by atoms with Crippen LogP contribution in [0.4, 0.5) is 0 Å². The number of aromatic nitrogens is 2. The maximum Gasteiger partial charge on any atom is 0.229 e. The molecule has 1 heterocycles. The molecule has 2 N–H and O–H groups in total. The first kappa shape index (κ1) is 13.2. The average molecular weight is 312 g/mol. The summed E-state index contributed by atoms with van der Waals surface area (Å²) in [4.78, 5) is 4.33. The Bertz CT molecular complexity index is 512. The van der Waals surface area contributed by atoms with Crippen molar-refractivity contribution in [3.63, 3.8) is 0 Å². The fourth-order valence-corrected chi connectivity index (χ4v) is 2.01. The van der Waals surface area contributed by atoms with Gasteiger partial charge in [0, 0.05) is 23.7 Å². The van der Waals surface area contributed by atoms with Crippen molar-refractivity contribution in [2.24, 2.45) is 5.73 Å². The third-order valence-electron chi connectivity index (χ3n) is 2.58. The normalized spacial score (nSPS) is 12.6. The summed E-state index contributed by atoms with van der Waals surface area (Å²) in [5.74, 6) is 1.09. The number of nitrogens with two attached hydrogens (primary N) is 1. The lowest BCUT2D eigenvalue weighted by Crippen LogP contribution is -2.24. The standard InChI is InChI=1S/C12H14BrN3O2/c1-17-8(7-14)6-11-15-12(16-18-11)9-4-2-3-5-10(9)13/h2-5,8H,6-7,14H2,1H3. The van der Waals surface area contributed by atoms with E-state index in [1.807, 2.05) is 24.3 Å². The number of hydrogen-bond acceptors (Lipinski definition) is 5. The van der Waals surface area contributed by atoms with Crippen LogP contribution in [-0.2, 0) is 11.2 Å². The molecule has 2 aromatic rings. The van der Waals surface area contributed by atoms with Gasteiger partial charge < -0.3 is 15.0 Å². The van der Waals surface area contributed by atoms with Gasteiger partial charge in [0.2, 0.25) is 11.7 Å². The lowest BCUT2D eigenvalue weighted by molar-refractivity contribution is 0.102. The summed E-state index contributed by atoms with van der Waals surface area (Å²) in [6, 6.07) is 7.72. The van der Waals surface area contributed by atoms with Gasteiger partial charge in [-0.3, -0.25) is 0 Å². The number of nitrogens with zero attached hydrogens (tertiary/aromatic N) is 2. The molecular formula is C12H14BrN3O2. The van der Waals surface area contributed by atoms with Crippen LogP contribution in [-0.4, -0.2) is 29.9 Å². The fraction of sp³-hybridized carbons (Fsp3) is 0.333. The van der Waals surface area contributed by atoms with E-state index in [0.717, 1.165) is 10.0 Å². The molecule has 0 fully saturated rings. The second kappa shape index (κ2) is 6.08. The zero-order valence-corrected chi connectivity index (χ0v) is 11.6. The molecule has 1 aromatic carbocycles. The number of hydrogen-bond donors (Lipinski definition) is 1. The van der Waals surface area contributed by atoms with Crippen LogP contribution < -0.4 is 5.73 Å². The van der Waals surface area contributed by atoms with E-state index in [0.29, 0.717) is 24.7 Å². The van der Waals surface area contributed by atoms with E-state index in [1.165, 1.54) is 0 Å². The van der Waals surface area contributed by atoms with E-state index in [1.54, 1.807) is 7.11 Å². The van der Waals surface area contributed by atoms with Gasteiger partial charge in [-0.25, -0.2) is 0 Å². The maximum atomic E-state index is 5.55. The van der Waals surface area contributed by atoms with Gasteiger partial charge in [-0.05, 0) is 12.1 Å². The molecule has 2 rings (SSSR count). The molecule has 0 aliphatic heterocycles. The Kier molecular flexibility index (Phi) is 4.46. The number of methoxy groups -OCH3 is 1. The molecule has 1 unspecified atom stereocenters. The molecular weight excluding hydrogens is 298 g/mol. The van der Waals surface area contributed by atoms with E-state index in [2.05, 4.69) is 26.1 Å². The highest BCUT2D eigenvalue weighted by Gasteiger charge is 2.14. The van der Waals surface area contributed by atoms with E-state index >= 15 is 0 Å². The van der Waals surface area contributed by atoms with Gasteiger partial charge in [0.05, 0.1) is 12.5 Å². The summed E-state index contributed by atoms with van der Waals surface area (Å²) in [6.45, 7) is 0.420. The Hall–Kier alpha value is -1.24. The Labute approximate surface area is 113 Å². The molecule has 1 aromatic heterocycles. The largest absolute Gasteiger partial charge is 0.380 e. The summed E-state index contributed by atoms with van der Waals surface area (Å²) in [6.07, 6.45) is 0.419. The van der Waals surface area contributed by atoms with Crippen LogP contribution >= 0.6 is 15.9 Å². The van der Waals surface area contributed by atoms with Gasteiger partial charge in [0.15, 0.2) is 0 Å². The van der Waals surface area contributed by atoms with Gasteiger partial charge in [-0.1, -0.05) is 33.2 Å². The molecule has 0 aliphatic rings. The lowest BCUT2D eigenvalue weighted by Gasteiger charge is -2.08. The second-order valence-corrected chi connectivity index (χ2v) is 4.64. The van der Waals surface area contributed by atoms with Crippen LogP contribution in [0.3, 0.4) is 0 Å². The molecule has 0 saturated carbocycles. The Morgan fingerprint density at radius 2 is 2.22 bits per heavy atom. The molecule has 96 valence electrons. The third-order valence-corrected chi connectivity index (χ3v) is 3.27. The zero-order chi connectivity index (χ0) is 13.0. The van der Waals surface area contributed by atoms with Crippen LogP contribution in [0.5, 0.6) is 0 Å². The monoisotopic (exact) mass is 311 g/mol. The van der Waals surface area contributed by atoms with Crippen molar-refractivity contribution in [3.05, 3.63) is 34.6 Å². The molecule has 0 spiro atoms. The van der Waals surface area contributed by atoms with E-state index in [-0.39, 0.29) is 6.10 Å². The van der Waals surface area contributed by atoms with Gasteiger partial charge in [0.1, 0.15) is 0 Å². The first-order valence-corrected chi connectivity index (χ1v) is 6.34. The van der Waals surface area contributed by atoms with Gasteiger partial charge >= 0.3 is 0 Å². The Morgan fingerprint density at radius 3 is 2.89 bits per heavy atom. The summed E-state index contributed by atoms with van der Waals surface area (Å²) >= 11 is 3.45. The van der Waals surface area contributed by atoms with Crippen molar-refractivity contribution in [2.45, 2.75) is 12.5 Å². The number of halogens is 1. The van der Waals surface area contributed by atoms with Gasteiger partial charge in [0.25, 0.3) is 0 Å². The summed E-state index contributed by atoms with van der Waals surface area (Å²) in [7, 11) is 1.61. The molecule has 0 amide bonds. The predicted molar refractivity (Wildman–Crippen MR) is 71.0 cm³/mol. The first-order valence-electron chi connectivity index (χ1n) is 5.55. The molecule has 0 aliphatic carbocycles. The van der Waals surface area contributed by atoms with Crippen molar-refractivity contribution < 1.29 is 9.26 Å². The molecule has 6 heteroatoms. The quantitative estimate of drug-likeness (QED) is 0.914. The summed E-state index contributed by atoms with van der Waals surface area (Å²) in [5.41, 5.74) is 6.45. The molecule has 0 saturated heterocycles. The first-order chi connectivity index (χ1) is 8.74. The predicted octanol–water partition coefficient (Wildman–Crippen LogP) is 2.02. The van der Waals surface area contributed by atoms with Gasteiger partial charge in [-0.2, -0.15) is 4.98 Å². The van der Waals surface area contributed by atoms with Crippen LogP contribution in [0.2, 0.25) is 0 Å². The molecule has 0 bridgehead atoms. The Morgan fingerprint density at radius 1 is 1.44 bits per heavy atom. The van der Waals surface area contributed by atoms with Crippen LogP contribution in [0.25, 0.3) is 11.4 Å². The van der Waals surface area contributed by atoms with Crippen LogP contribution in [0.15, 0.2) is 33.3 Å². The van der Waals surface area contributed by atoms with Crippen molar-refractivity contribution in [1.29, 1.82) is 0 Å². The highest BCUT2D eigenvalue weighted by Crippen LogP contribution is 2.25. The summed E-state index contributed by atoms with van der Waals surface area (Å²) < 4.78 is 11.3. The molecule has 1 atom stereocenters. The lowest BCUT2D eigenvalue weighted by atomic mass is 10.2. The van der Waals surface area contributed by atoms with Gasteiger partial charge in [-0.15, -0.1) is 0 Å². The number of benzene rings is 1. The molecule has 5 nitrogen and oxygen atoms in total. The number of ether oxygens (including phenoxy) is 1. The topological polar surface area (TPSA) is 74.2 Å². The summed E-state index contributed by atoms with van der Waals surface area (Å²) in [5, 5.41) is 3.96. The smallest absolute Gasteiger partial charge is 0.229 e. The zero-order valence-electron chi connectivity index (χ0n) is 9.97. The average Bonchev–Trinajstić information content (AvgIpc) is 2.85. The van der Waals surface area contributed by atoms with Crippen molar-refractivity contribution in [3.8, 4) is 11.4 Å². The van der Waals surface area contributed by atoms with E-state index in [4.69, 9.17) is 15.0 Å². The SMILES string of the molecule is COC(CN)Cc1nc(-c2ccccc2Br)no1. The minimum absolute atomic E-state index is 0.0995. The van der Waals surface area contributed by atoms with Crippen molar-refractivity contribution >= 4 is 15.9 Å². The highest BCUT2D eigenvalue weighted by atomic mass is 79.9. The maximum absolute atomic E-state index is 5.55. The molecule has 0 radical (unpaired) electrons. The fourth-order valence-electron chi connectivity index (χ4n) is 1.55. The van der Waals surface area contributed by atoms with Crippen LogP contribution in [0, 0.1) is 0 Å². The van der Waals surface area contributed by atoms with Crippen molar-refractivity contribution in [1.82, 2.24) is 10.1 Å².